The van der Waals surface area contributed by atoms with Gasteiger partial charge in [-0.15, -0.1) is 0 Å². The highest BCUT2D eigenvalue weighted by atomic mass is 35.5. The van der Waals surface area contributed by atoms with Crippen molar-refractivity contribution in [3.63, 3.8) is 0 Å². The van der Waals surface area contributed by atoms with E-state index in [1.165, 1.54) is 16.4 Å². The first-order valence-electron chi connectivity index (χ1n) is 7.96. The molecule has 0 unspecified atom stereocenters. The summed E-state index contributed by atoms with van der Waals surface area (Å²) in [7, 11) is -7.22. The van der Waals surface area contributed by atoms with Gasteiger partial charge in [0.25, 0.3) is 0 Å². The van der Waals surface area contributed by atoms with Gasteiger partial charge < -0.3 is 0 Å². The Balaban J connectivity index is 1.97. The molecule has 6 nitrogen and oxygen atoms in total. The lowest BCUT2D eigenvalue weighted by molar-refractivity contribution is 0.423. The summed E-state index contributed by atoms with van der Waals surface area (Å²) in [6.07, 6.45) is 3.78. The van der Waals surface area contributed by atoms with Gasteiger partial charge in [-0.05, 0) is 37.5 Å². The predicted molar refractivity (Wildman–Crippen MR) is 95.2 cm³/mol. The second-order valence-corrected chi connectivity index (χ2v) is 10.2. The molecule has 1 aromatic carbocycles. The van der Waals surface area contributed by atoms with E-state index in [1.807, 2.05) is 0 Å². The summed E-state index contributed by atoms with van der Waals surface area (Å²) in [4.78, 5) is 0.0327. The lowest BCUT2D eigenvalue weighted by Gasteiger charge is -2.19. The molecule has 0 aliphatic carbocycles. The first-order valence-corrected chi connectivity index (χ1v) is 11.4. The third-order valence-electron chi connectivity index (χ3n) is 4.06. The van der Waals surface area contributed by atoms with Crippen LogP contribution in [0.3, 0.4) is 0 Å². The van der Waals surface area contributed by atoms with Crippen LogP contribution in [-0.2, 0) is 20.0 Å². The number of aryl methyl sites for hydroxylation is 1. The van der Waals surface area contributed by atoms with Crippen molar-refractivity contribution in [1.29, 1.82) is 0 Å². The summed E-state index contributed by atoms with van der Waals surface area (Å²) in [5, 5.41) is 0.357. The number of rotatable bonds is 6. The van der Waals surface area contributed by atoms with E-state index in [9.17, 15) is 16.8 Å². The molecule has 0 atom stereocenters. The van der Waals surface area contributed by atoms with Crippen LogP contribution in [0.1, 0.15) is 31.2 Å². The minimum absolute atomic E-state index is 0.0327. The van der Waals surface area contributed by atoms with Crippen LogP contribution < -0.4 is 4.72 Å². The third kappa shape index (κ3) is 5.16. The summed E-state index contributed by atoms with van der Waals surface area (Å²) in [6, 6.07) is 4.43. The van der Waals surface area contributed by atoms with Gasteiger partial charge in [0.05, 0.1) is 10.6 Å². The van der Waals surface area contributed by atoms with Crippen LogP contribution >= 0.6 is 11.6 Å². The van der Waals surface area contributed by atoms with Gasteiger partial charge in [-0.1, -0.05) is 30.5 Å². The Hall–Kier alpha value is -0.670. The van der Waals surface area contributed by atoms with Gasteiger partial charge >= 0.3 is 0 Å². The minimum atomic E-state index is -3.78. The molecule has 24 heavy (non-hydrogen) atoms. The molecule has 0 saturated carbocycles. The average molecular weight is 395 g/mol. The van der Waals surface area contributed by atoms with Gasteiger partial charge in [0.2, 0.25) is 20.0 Å². The van der Waals surface area contributed by atoms with Crippen LogP contribution in [0.4, 0.5) is 0 Å². The third-order valence-corrected chi connectivity index (χ3v) is 7.80. The number of benzene rings is 1. The fraction of sp³-hybridized carbons (Fsp3) is 0.600. The molecular weight excluding hydrogens is 372 g/mol. The lowest BCUT2D eigenvalue weighted by atomic mass is 10.2. The summed E-state index contributed by atoms with van der Waals surface area (Å²) in [5.41, 5.74) is 0.777. The van der Waals surface area contributed by atoms with Crippen molar-refractivity contribution in [2.75, 3.05) is 25.4 Å². The monoisotopic (exact) mass is 394 g/mol. The molecule has 1 N–H and O–H groups in total. The topological polar surface area (TPSA) is 83.5 Å². The van der Waals surface area contributed by atoms with Crippen LogP contribution in [-0.4, -0.2) is 46.5 Å². The molecule has 1 saturated heterocycles. The smallest absolute Gasteiger partial charge is 0.212 e. The van der Waals surface area contributed by atoms with Gasteiger partial charge in [-0.2, -0.15) is 0 Å². The molecule has 1 aromatic rings. The molecule has 0 spiro atoms. The molecule has 0 aromatic heterocycles. The maximum atomic E-state index is 12.3. The van der Waals surface area contributed by atoms with Crippen molar-refractivity contribution >= 4 is 31.6 Å². The second kappa shape index (κ2) is 8.14. The predicted octanol–water partition coefficient (Wildman–Crippen LogP) is 2.13. The minimum Gasteiger partial charge on any atom is -0.212 e. The maximum Gasteiger partial charge on any atom is 0.240 e. The van der Waals surface area contributed by atoms with E-state index in [0.717, 1.165) is 31.2 Å². The molecule has 1 heterocycles. The highest BCUT2D eigenvalue weighted by molar-refractivity contribution is 7.90. The van der Waals surface area contributed by atoms with Gasteiger partial charge in [-0.3, -0.25) is 0 Å². The molecule has 1 fully saturated rings. The van der Waals surface area contributed by atoms with Crippen LogP contribution in [0.15, 0.2) is 23.1 Å². The first-order chi connectivity index (χ1) is 11.2. The Morgan fingerprint density at radius 1 is 1.08 bits per heavy atom. The molecule has 9 heteroatoms. The highest BCUT2D eigenvalue weighted by Crippen LogP contribution is 2.20. The van der Waals surface area contributed by atoms with E-state index >= 15 is 0 Å². The van der Waals surface area contributed by atoms with Gasteiger partial charge in [-0.25, -0.2) is 25.9 Å². The molecule has 1 aliphatic heterocycles. The number of nitrogens with one attached hydrogen (secondary N) is 1. The van der Waals surface area contributed by atoms with E-state index in [1.54, 1.807) is 13.0 Å². The van der Waals surface area contributed by atoms with Crippen LogP contribution in [0.2, 0.25) is 5.02 Å². The number of halogens is 1. The first kappa shape index (κ1) is 19.7. The molecule has 0 bridgehead atoms. The largest absolute Gasteiger partial charge is 0.240 e. The summed E-state index contributed by atoms with van der Waals surface area (Å²) >= 11 is 5.95. The Morgan fingerprint density at radius 2 is 1.71 bits per heavy atom. The van der Waals surface area contributed by atoms with E-state index in [2.05, 4.69) is 4.72 Å². The van der Waals surface area contributed by atoms with Crippen LogP contribution in [0.25, 0.3) is 0 Å². The number of sulfonamides is 2. The number of nitrogens with zero attached hydrogens (tertiary/aromatic N) is 1. The van der Waals surface area contributed by atoms with Gasteiger partial charge in [0.1, 0.15) is 0 Å². The lowest BCUT2D eigenvalue weighted by Crippen LogP contribution is -2.38. The van der Waals surface area contributed by atoms with Crippen LogP contribution in [0, 0.1) is 6.92 Å². The highest BCUT2D eigenvalue weighted by Gasteiger charge is 2.24. The molecule has 0 amide bonds. The van der Waals surface area contributed by atoms with E-state index < -0.39 is 20.0 Å². The van der Waals surface area contributed by atoms with E-state index in [0.29, 0.717) is 18.1 Å². The van der Waals surface area contributed by atoms with Crippen molar-refractivity contribution < 1.29 is 16.8 Å². The molecule has 136 valence electrons. The van der Waals surface area contributed by atoms with E-state index in [-0.39, 0.29) is 17.2 Å². The fourth-order valence-corrected chi connectivity index (χ4v) is 5.44. The molecule has 2 rings (SSSR count). The Kier molecular flexibility index (Phi) is 6.66. The van der Waals surface area contributed by atoms with Crippen molar-refractivity contribution in [3.8, 4) is 0 Å². The quantitative estimate of drug-likeness (QED) is 0.801. The normalized spacial score (nSPS) is 17.6. The summed E-state index contributed by atoms with van der Waals surface area (Å²) in [6.45, 7) is 2.65. The Bertz CT molecular complexity index is 771. The zero-order valence-corrected chi connectivity index (χ0v) is 16.1. The summed E-state index contributed by atoms with van der Waals surface area (Å²) in [5.74, 6) is -0.244. The van der Waals surface area contributed by atoms with Gasteiger partial charge in [0.15, 0.2) is 0 Å². The van der Waals surface area contributed by atoms with Crippen molar-refractivity contribution in [3.05, 3.63) is 28.8 Å². The second-order valence-electron chi connectivity index (χ2n) is 5.94. The number of hydrogen-bond donors (Lipinski definition) is 1. The van der Waals surface area contributed by atoms with Crippen molar-refractivity contribution in [2.45, 2.75) is 37.5 Å². The van der Waals surface area contributed by atoms with Crippen molar-refractivity contribution in [2.24, 2.45) is 0 Å². The Labute approximate surface area is 149 Å². The summed E-state index contributed by atoms with van der Waals surface area (Å²) < 4.78 is 52.9. The standard InChI is InChI=1S/C15H23ClN2O4S2/c1-13-6-7-14(12-15(13)16)24(21,22)17-8-11-23(19,20)18-9-4-2-3-5-10-18/h6-7,12,17H,2-5,8-11H2,1H3. The van der Waals surface area contributed by atoms with Crippen molar-refractivity contribution in [1.82, 2.24) is 9.03 Å². The zero-order valence-electron chi connectivity index (χ0n) is 13.7. The molecular formula is C15H23ClN2O4S2. The number of hydrogen-bond acceptors (Lipinski definition) is 4. The molecule has 0 radical (unpaired) electrons. The molecule has 1 aliphatic rings. The van der Waals surface area contributed by atoms with E-state index in [4.69, 9.17) is 11.6 Å². The maximum absolute atomic E-state index is 12.3. The fourth-order valence-electron chi connectivity index (χ4n) is 2.58. The Morgan fingerprint density at radius 3 is 2.29 bits per heavy atom. The van der Waals surface area contributed by atoms with Gasteiger partial charge in [0, 0.05) is 24.7 Å². The average Bonchev–Trinajstić information content (AvgIpc) is 2.79. The SMILES string of the molecule is Cc1ccc(S(=O)(=O)NCCS(=O)(=O)N2CCCCCC2)cc1Cl. The van der Waals surface area contributed by atoms with Crippen LogP contribution in [0.5, 0.6) is 0 Å². The zero-order chi connectivity index (χ0) is 17.8.